The average Bonchev–Trinajstić information content (AvgIpc) is 2.53. The van der Waals surface area contributed by atoms with E-state index in [-0.39, 0.29) is 12.2 Å². The Bertz CT molecular complexity index is 618. The van der Waals surface area contributed by atoms with Crippen molar-refractivity contribution in [2.45, 2.75) is 0 Å². The minimum Gasteiger partial charge on any atom is -0.495 e. The quantitative estimate of drug-likeness (QED) is 0.653. The second-order valence-corrected chi connectivity index (χ2v) is 4.28. The second kappa shape index (κ2) is 7.14. The van der Waals surface area contributed by atoms with Crippen molar-refractivity contribution in [2.75, 3.05) is 13.7 Å². The molecule has 1 N–H and O–H groups in total. The number of aliphatic carboxylic acids is 1. The summed E-state index contributed by atoms with van der Waals surface area (Å²) in [4.78, 5) is 11.5. The molecule has 0 aliphatic carbocycles. The maximum absolute atomic E-state index is 11.5. The van der Waals surface area contributed by atoms with Gasteiger partial charge in [0, 0.05) is 5.56 Å². The van der Waals surface area contributed by atoms with E-state index in [1.54, 1.807) is 24.3 Å². The van der Waals surface area contributed by atoms with E-state index in [1.807, 2.05) is 36.4 Å². The van der Waals surface area contributed by atoms with Crippen LogP contribution >= 0.6 is 0 Å². The van der Waals surface area contributed by atoms with E-state index < -0.39 is 5.97 Å². The lowest BCUT2D eigenvalue weighted by atomic mass is 10.1. The van der Waals surface area contributed by atoms with E-state index >= 15 is 0 Å². The predicted octanol–water partition coefficient (Wildman–Crippen LogP) is 3.21. The third kappa shape index (κ3) is 3.86. The Balaban J connectivity index is 2.28. The molecule has 0 spiro atoms. The number of ether oxygens (including phenoxy) is 2. The highest BCUT2D eigenvalue weighted by Crippen LogP contribution is 2.21. The lowest BCUT2D eigenvalue weighted by Crippen LogP contribution is -2.13. The smallest absolute Gasteiger partial charge is 0.338 e. The van der Waals surface area contributed by atoms with Crippen LogP contribution in [0.4, 0.5) is 0 Å². The van der Waals surface area contributed by atoms with E-state index in [0.717, 1.165) is 0 Å². The number of benzene rings is 2. The topological polar surface area (TPSA) is 55.8 Å². The molecule has 2 rings (SSSR count). The molecular weight excluding hydrogens is 268 g/mol. The summed E-state index contributed by atoms with van der Waals surface area (Å²) in [6.45, 7) is -0.0720. The summed E-state index contributed by atoms with van der Waals surface area (Å²) in [6, 6.07) is 18.2. The van der Waals surface area contributed by atoms with Gasteiger partial charge in [-0.3, -0.25) is 0 Å². The molecule has 0 bridgehead atoms. The van der Waals surface area contributed by atoms with Crippen molar-refractivity contribution in [2.24, 2.45) is 0 Å². The molecule has 0 amide bonds. The molecule has 0 heterocycles. The van der Waals surface area contributed by atoms with Crippen LogP contribution in [0.3, 0.4) is 0 Å². The summed E-state index contributed by atoms with van der Waals surface area (Å²) in [5, 5.41) is 9.40. The van der Waals surface area contributed by atoms with E-state index in [0.29, 0.717) is 17.1 Å². The SMILES string of the molecule is CO/C(=C(\COc1ccccc1)C(=O)O)c1ccccc1. The molecule has 4 nitrogen and oxygen atoms in total. The fourth-order valence-corrected chi connectivity index (χ4v) is 1.90. The summed E-state index contributed by atoms with van der Waals surface area (Å²) in [5.74, 6) is -0.148. The Morgan fingerprint density at radius 1 is 1.00 bits per heavy atom. The molecule has 0 atom stereocenters. The molecule has 0 saturated carbocycles. The largest absolute Gasteiger partial charge is 0.495 e. The maximum atomic E-state index is 11.5. The fraction of sp³-hybridized carbons (Fsp3) is 0.118. The fourth-order valence-electron chi connectivity index (χ4n) is 1.90. The summed E-state index contributed by atoms with van der Waals surface area (Å²) in [5.41, 5.74) is 0.779. The van der Waals surface area contributed by atoms with Crippen molar-refractivity contribution in [1.29, 1.82) is 0 Å². The average molecular weight is 284 g/mol. The maximum Gasteiger partial charge on any atom is 0.338 e. The van der Waals surface area contributed by atoms with Gasteiger partial charge in [-0.2, -0.15) is 0 Å². The lowest BCUT2D eigenvalue weighted by molar-refractivity contribution is -0.133. The van der Waals surface area contributed by atoms with Crippen molar-refractivity contribution in [1.82, 2.24) is 0 Å². The summed E-state index contributed by atoms with van der Waals surface area (Å²) in [7, 11) is 1.45. The Morgan fingerprint density at radius 3 is 2.10 bits per heavy atom. The summed E-state index contributed by atoms with van der Waals surface area (Å²) >= 11 is 0. The number of rotatable bonds is 6. The zero-order valence-electron chi connectivity index (χ0n) is 11.7. The van der Waals surface area contributed by atoms with Crippen LogP contribution in [0.25, 0.3) is 5.76 Å². The van der Waals surface area contributed by atoms with Crippen LogP contribution in [0, 0.1) is 0 Å². The van der Waals surface area contributed by atoms with Crippen molar-refractivity contribution >= 4 is 11.7 Å². The van der Waals surface area contributed by atoms with Gasteiger partial charge in [0.1, 0.15) is 23.7 Å². The van der Waals surface area contributed by atoms with Crippen LogP contribution in [-0.4, -0.2) is 24.8 Å². The van der Waals surface area contributed by atoms with Crippen molar-refractivity contribution < 1.29 is 19.4 Å². The van der Waals surface area contributed by atoms with E-state index in [2.05, 4.69) is 0 Å². The molecule has 4 heteroatoms. The first kappa shape index (κ1) is 14.7. The van der Waals surface area contributed by atoms with Gasteiger partial charge in [0.25, 0.3) is 0 Å². The van der Waals surface area contributed by atoms with Gasteiger partial charge >= 0.3 is 5.97 Å². The Kier molecular flexibility index (Phi) is 4.99. The van der Waals surface area contributed by atoms with Gasteiger partial charge in [-0.1, -0.05) is 48.5 Å². The molecule has 0 aliphatic rings. The number of para-hydroxylation sites is 1. The molecule has 108 valence electrons. The highest BCUT2D eigenvalue weighted by atomic mass is 16.5. The Morgan fingerprint density at radius 2 is 1.57 bits per heavy atom. The van der Waals surface area contributed by atoms with E-state index in [4.69, 9.17) is 9.47 Å². The van der Waals surface area contributed by atoms with Crippen LogP contribution in [0.2, 0.25) is 0 Å². The van der Waals surface area contributed by atoms with Crippen LogP contribution in [0.15, 0.2) is 66.2 Å². The molecule has 0 aliphatic heterocycles. The first-order valence-corrected chi connectivity index (χ1v) is 6.46. The normalized spacial score (nSPS) is 11.5. The van der Waals surface area contributed by atoms with Crippen LogP contribution in [0.5, 0.6) is 5.75 Å². The van der Waals surface area contributed by atoms with Gasteiger partial charge in [0.2, 0.25) is 0 Å². The molecule has 0 fully saturated rings. The third-order valence-corrected chi connectivity index (χ3v) is 2.90. The van der Waals surface area contributed by atoms with Gasteiger partial charge in [0.15, 0.2) is 0 Å². The monoisotopic (exact) mass is 284 g/mol. The highest BCUT2D eigenvalue weighted by molar-refractivity contribution is 5.95. The van der Waals surface area contributed by atoms with Crippen molar-refractivity contribution in [3.8, 4) is 5.75 Å². The minimum absolute atomic E-state index is 0.0720. The van der Waals surface area contributed by atoms with Gasteiger partial charge < -0.3 is 14.6 Å². The van der Waals surface area contributed by atoms with Crippen LogP contribution < -0.4 is 4.74 Å². The highest BCUT2D eigenvalue weighted by Gasteiger charge is 2.18. The standard InChI is InChI=1S/C17H16O4/c1-20-16(13-8-4-2-5-9-13)15(17(18)19)12-21-14-10-6-3-7-11-14/h2-11H,12H2,1H3,(H,18,19)/b16-15+. The molecule has 0 aromatic heterocycles. The van der Waals surface area contributed by atoms with Gasteiger partial charge in [-0.05, 0) is 12.1 Å². The molecule has 21 heavy (non-hydrogen) atoms. The number of hydrogen-bond donors (Lipinski definition) is 1. The van der Waals surface area contributed by atoms with Crippen molar-refractivity contribution in [3.05, 3.63) is 71.8 Å². The molecule has 0 radical (unpaired) electrons. The predicted molar refractivity (Wildman–Crippen MR) is 79.9 cm³/mol. The van der Waals surface area contributed by atoms with Crippen molar-refractivity contribution in [3.63, 3.8) is 0 Å². The summed E-state index contributed by atoms with van der Waals surface area (Å²) in [6.07, 6.45) is 0. The number of carbonyl (C=O) groups is 1. The minimum atomic E-state index is -1.06. The van der Waals surface area contributed by atoms with Gasteiger partial charge in [0.05, 0.1) is 7.11 Å². The van der Waals surface area contributed by atoms with E-state index in [1.165, 1.54) is 7.11 Å². The Labute approximate surface area is 123 Å². The molecule has 2 aromatic carbocycles. The third-order valence-electron chi connectivity index (χ3n) is 2.90. The van der Waals surface area contributed by atoms with Crippen LogP contribution in [-0.2, 0) is 9.53 Å². The summed E-state index contributed by atoms with van der Waals surface area (Å²) < 4.78 is 10.8. The first-order chi connectivity index (χ1) is 10.2. The lowest BCUT2D eigenvalue weighted by Gasteiger charge is -2.12. The number of carboxylic acid groups (broad SMARTS) is 1. The second-order valence-electron chi connectivity index (χ2n) is 4.28. The first-order valence-electron chi connectivity index (χ1n) is 6.46. The molecule has 0 unspecified atom stereocenters. The zero-order valence-corrected chi connectivity index (χ0v) is 11.7. The zero-order chi connectivity index (χ0) is 15.1. The number of hydrogen-bond acceptors (Lipinski definition) is 3. The van der Waals surface area contributed by atoms with Gasteiger partial charge in [-0.15, -0.1) is 0 Å². The molecule has 2 aromatic rings. The van der Waals surface area contributed by atoms with Gasteiger partial charge in [-0.25, -0.2) is 4.79 Å². The van der Waals surface area contributed by atoms with Crippen LogP contribution in [0.1, 0.15) is 5.56 Å². The molecular formula is C17H16O4. The molecule has 0 saturated heterocycles. The number of carboxylic acids is 1. The number of methoxy groups -OCH3 is 1. The van der Waals surface area contributed by atoms with E-state index in [9.17, 15) is 9.90 Å². The Hall–Kier alpha value is -2.75.